The third-order valence-electron chi connectivity index (χ3n) is 3.02. The molecule has 0 saturated carbocycles. The van der Waals surface area contributed by atoms with Crippen molar-refractivity contribution in [2.24, 2.45) is 0 Å². The number of carboxylic acids is 1. The zero-order valence-electron chi connectivity index (χ0n) is 11.3. The summed E-state index contributed by atoms with van der Waals surface area (Å²) < 4.78 is 0. The Kier molecular flexibility index (Phi) is 6.45. The number of aryl methyl sites for hydroxylation is 1. The van der Waals surface area contributed by atoms with Crippen molar-refractivity contribution < 1.29 is 9.90 Å². The molecule has 0 aliphatic heterocycles. The van der Waals surface area contributed by atoms with Crippen LogP contribution in [0.25, 0.3) is 0 Å². The van der Waals surface area contributed by atoms with Crippen LogP contribution in [0.4, 0.5) is 5.69 Å². The topological polar surface area (TPSA) is 64.3 Å². The molecule has 4 nitrogen and oxygen atoms in total. The number of benzene rings is 1. The van der Waals surface area contributed by atoms with Gasteiger partial charge < -0.3 is 10.0 Å². The molecule has 0 saturated heterocycles. The van der Waals surface area contributed by atoms with Crippen molar-refractivity contribution in [1.82, 2.24) is 0 Å². The molecule has 0 unspecified atom stereocenters. The molecular weight excluding hydrogens is 240 g/mol. The molecule has 0 fully saturated rings. The second-order valence-corrected chi connectivity index (χ2v) is 4.53. The van der Waals surface area contributed by atoms with Gasteiger partial charge in [-0.15, -0.1) is 0 Å². The number of nitrogens with zero attached hydrogens (tertiary/aromatic N) is 2. The summed E-state index contributed by atoms with van der Waals surface area (Å²) in [6, 6.07) is 10.1. The molecule has 1 N–H and O–H groups in total. The SMILES string of the molecule is Cc1ccccc1N(CCCCC#N)CCC(=O)O. The van der Waals surface area contributed by atoms with Crippen LogP contribution in [0.2, 0.25) is 0 Å². The molecule has 102 valence electrons. The van der Waals surface area contributed by atoms with Crippen LogP contribution in [0.5, 0.6) is 0 Å². The fourth-order valence-corrected chi connectivity index (χ4v) is 2.01. The van der Waals surface area contributed by atoms with E-state index in [0.29, 0.717) is 13.0 Å². The summed E-state index contributed by atoms with van der Waals surface area (Å²) in [6.45, 7) is 3.32. The molecule has 0 aliphatic carbocycles. The molecule has 1 rings (SSSR count). The molecule has 1 aromatic carbocycles. The van der Waals surface area contributed by atoms with Gasteiger partial charge in [-0.25, -0.2) is 0 Å². The van der Waals surface area contributed by atoms with Crippen LogP contribution in [-0.2, 0) is 4.79 Å². The molecule has 1 aromatic rings. The van der Waals surface area contributed by atoms with E-state index in [1.807, 2.05) is 31.2 Å². The number of anilines is 1. The van der Waals surface area contributed by atoms with Gasteiger partial charge in [-0.05, 0) is 31.4 Å². The smallest absolute Gasteiger partial charge is 0.305 e. The van der Waals surface area contributed by atoms with Crippen LogP contribution in [0.15, 0.2) is 24.3 Å². The van der Waals surface area contributed by atoms with Crippen LogP contribution in [0.1, 0.15) is 31.2 Å². The van der Waals surface area contributed by atoms with E-state index in [1.165, 1.54) is 0 Å². The number of rotatable bonds is 8. The Balaban J connectivity index is 2.66. The van der Waals surface area contributed by atoms with E-state index >= 15 is 0 Å². The van der Waals surface area contributed by atoms with E-state index in [9.17, 15) is 4.79 Å². The number of unbranched alkanes of at least 4 members (excludes halogenated alkanes) is 2. The molecule has 0 heterocycles. The van der Waals surface area contributed by atoms with E-state index < -0.39 is 5.97 Å². The van der Waals surface area contributed by atoms with Crippen LogP contribution in [0, 0.1) is 18.3 Å². The second-order valence-electron chi connectivity index (χ2n) is 4.53. The molecule has 0 aliphatic rings. The van der Waals surface area contributed by atoms with Gasteiger partial charge in [0.2, 0.25) is 0 Å². The average Bonchev–Trinajstić information content (AvgIpc) is 2.39. The maximum Gasteiger partial charge on any atom is 0.305 e. The first-order chi connectivity index (χ1) is 9.15. The number of hydrogen-bond donors (Lipinski definition) is 1. The van der Waals surface area contributed by atoms with Gasteiger partial charge in [0.05, 0.1) is 12.5 Å². The first-order valence-electron chi connectivity index (χ1n) is 6.54. The maximum absolute atomic E-state index is 10.7. The minimum Gasteiger partial charge on any atom is -0.481 e. The first kappa shape index (κ1) is 15.0. The van der Waals surface area contributed by atoms with Crippen molar-refractivity contribution in [3.05, 3.63) is 29.8 Å². The van der Waals surface area contributed by atoms with Gasteiger partial charge in [0.25, 0.3) is 0 Å². The number of carboxylic acid groups (broad SMARTS) is 1. The van der Waals surface area contributed by atoms with Crippen LogP contribution >= 0.6 is 0 Å². The third kappa shape index (κ3) is 5.43. The number of aliphatic carboxylic acids is 1. The highest BCUT2D eigenvalue weighted by molar-refractivity contribution is 5.68. The number of para-hydroxylation sites is 1. The van der Waals surface area contributed by atoms with Crippen LogP contribution in [0.3, 0.4) is 0 Å². The standard InChI is InChI=1S/C15H20N2O2/c1-13-7-3-4-8-14(13)17(12-9-15(18)19)11-6-2-5-10-16/h3-4,7-8H,2,5-6,9,11-12H2,1H3,(H,18,19). The molecule has 19 heavy (non-hydrogen) atoms. The highest BCUT2D eigenvalue weighted by Crippen LogP contribution is 2.20. The predicted octanol–water partition coefficient (Wildman–Crippen LogP) is 2.97. The lowest BCUT2D eigenvalue weighted by Gasteiger charge is -2.25. The minimum absolute atomic E-state index is 0.132. The molecule has 0 aromatic heterocycles. The van der Waals surface area contributed by atoms with E-state index in [1.54, 1.807) is 0 Å². The number of hydrogen-bond acceptors (Lipinski definition) is 3. The molecule has 0 atom stereocenters. The summed E-state index contributed by atoms with van der Waals surface area (Å²) >= 11 is 0. The quantitative estimate of drug-likeness (QED) is 0.730. The van der Waals surface area contributed by atoms with Crippen molar-refractivity contribution in [3.8, 4) is 6.07 Å². The minimum atomic E-state index is -0.782. The van der Waals surface area contributed by atoms with Gasteiger partial charge in [0, 0.05) is 25.2 Å². The molecule has 0 amide bonds. The van der Waals surface area contributed by atoms with Crippen molar-refractivity contribution in [3.63, 3.8) is 0 Å². The van der Waals surface area contributed by atoms with Crippen molar-refractivity contribution in [2.45, 2.75) is 32.6 Å². The van der Waals surface area contributed by atoms with Gasteiger partial charge >= 0.3 is 5.97 Å². The van der Waals surface area contributed by atoms with E-state index in [0.717, 1.165) is 30.6 Å². The first-order valence-corrected chi connectivity index (χ1v) is 6.54. The highest BCUT2D eigenvalue weighted by Gasteiger charge is 2.10. The Morgan fingerprint density at radius 3 is 2.68 bits per heavy atom. The number of carbonyl (C=O) groups is 1. The van der Waals surface area contributed by atoms with Gasteiger partial charge in [0.15, 0.2) is 0 Å². The van der Waals surface area contributed by atoms with Crippen LogP contribution < -0.4 is 4.90 Å². The zero-order valence-corrected chi connectivity index (χ0v) is 11.3. The Morgan fingerprint density at radius 2 is 2.05 bits per heavy atom. The molecule has 0 bridgehead atoms. The van der Waals surface area contributed by atoms with Crippen LogP contribution in [-0.4, -0.2) is 24.2 Å². The Labute approximate surface area is 114 Å². The Morgan fingerprint density at radius 1 is 1.32 bits per heavy atom. The summed E-state index contributed by atoms with van der Waals surface area (Å²) in [6.07, 6.45) is 2.45. The third-order valence-corrected chi connectivity index (χ3v) is 3.02. The molecule has 0 radical (unpaired) electrons. The summed E-state index contributed by atoms with van der Waals surface area (Å²) in [5, 5.41) is 17.3. The largest absolute Gasteiger partial charge is 0.481 e. The Hall–Kier alpha value is -2.02. The lowest BCUT2D eigenvalue weighted by molar-refractivity contribution is -0.136. The van der Waals surface area contributed by atoms with Crippen molar-refractivity contribution >= 4 is 11.7 Å². The monoisotopic (exact) mass is 260 g/mol. The summed E-state index contributed by atoms with van der Waals surface area (Å²) in [4.78, 5) is 12.8. The van der Waals surface area contributed by atoms with Gasteiger partial charge in [-0.2, -0.15) is 5.26 Å². The lowest BCUT2D eigenvalue weighted by atomic mass is 10.1. The summed E-state index contributed by atoms with van der Waals surface area (Å²) in [5.74, 6) is -0.782. The second kappa shape index (κ2) is 8.15. The summed E-state index contributed by atoms with van der Waals surface area (Å²) in [7, 11) is 0. The van der Waals surface area contributed by atoms with Gasteiger partial charge in [-0.1, -0.05) is 18.2 Å². The molecule has 0 spiro atoms. The fraction of sp³-hybridized carbons (Fsp3) is 0.467. The van der Waals surface area contributed by atoms with E-state index in [-0.39, 0.29) is 6.42 Å². The highest BCUT2D eigenvalue weighted by atomic mass is 16.4. The predicted molar refractivity (Wildman–Crippen MR) is 75.1 cm³/mol. The average molecular weight is 260 g/mol. The molecule has 4 heteroatoms. The normalized spacial score (nSPS) is 9.89. The number of nitriles is 1. The maximum atomic E-state index is 10.7. The molecular formula is C15H20N2O2. The fourth-order valence-electron chi connectivity index (χ4n) is 2.01. The van der Waals surface area contributed by atoms with E-state index in [2.05, 4.69) is 11.0 Å². The lowest BCUT2D eigenvalue weighted by Crippen LogP contribution is -2.28. The zero-order chi connectivity index (χ0) is 14.1. The van der Waals surface area contributed by atoms with Crippen molar-refractivity contribution in [1.29, 1.82) is 5.26 Å². The van der Waals surface area contributed by atoms with E-state index in [4.69, 9.17) is 10.4 Å². The van der Waals surface area contributed by atoms with Gasteiger partial charge in [-0.3, -0.25) is 4.79 Å². The Bertz CT molecular complexity index is 452. The summed E-state index contributed by atoms with van der Waals surface area (Å²) in [5.41, 5.74) is 2.23. The van der Waals surface area contributed by atoms with Crippen molar-refractivity contribution in [2.75, 3.05) is 18.0 Å². The van der Waals surface area contributed by atoms with Gasteiger partial charge in [0.1, 0.15) is 0 Å².